The molecule has 1 fully saturated rings. The van der Waals surface area contributed by atoms with Crippen molar-refractivity contribution in [1.29, 1.82) is 0 Å². The summed E-state index contributed by atoms with van der Waals surface area (Å²) in [7, 11) is 0. The van der Waals surface area contributed by atoms with Crippen molar-refractivity contribution in [3.05, 3.63) is 44.9 Å². The Kier molecular flexibility index (Phi) is 3.93. The predicted molar refractivity (Wildman–Crippen MR) is 90.1 cm³/mol. The molecule has 3 aromatic rings. The highest BCUT2D eigenvalue weighted by Crippen LogP contribution is 2.31. The van der Waals surface area contributed by atoms with Gasteiger partial charge in [-0.05, 0) is 26.3 Å². The van der Waals surface area contributed by atoms with E-state index in [4.69, 9.17) is 4.52 Å². The van der Waals surface area contributed by atoms with Crippen molar-refractivity contribution in [1.82, 2.24) is 24.4 Å². The van der Waals surface area contributed by atoms with Crippen molar-refractivity contribution in [2.75, 3.05) is 6.54 Å². The van der Waals surface area contributed by atoms with Gasteiger partial charge in [-0.1, -0.05) is 12.1 Å². The van der Waals surface area contributed by atoms with Crippen LogP contribution in [0.4, 0.5) is 0 Å². The summed E-state index contributed by atoms with van der Waals surface area (Å²) in [6, 6.07) is 1.77. The molecule has 0 spiro atoms. The number of aromatic nitrogens is 4. The fraction of sp³-hybridized carbons (Fsp3) is 0.500. The van der Waals surface area contributed by atoms with E-state index in [0.29, 0.717) is 12.4 Å². The van der Waals surface area contributed by atoms with E-state index in [1.165, 1.54) is 11.3 Å². The first-order chi connectivity index (χ1) is 11.7. The Labute approximate surface area is 142 Å². The zero-order valence-electron chi connectivity index (χ0n) is 13.7. The summed E-state index contributed by atoms with van der Waals surface area (Å²) >= 11 is 1.50. The fourth-order valence-corrected chi connectivity index (χ4v) is 4.14. The molecule has 7 nitrogen and oxygen atoms in total. The van der Waals surface area contributed by atoms with Gasteiger partial charge in [0.25, 0.3) is 5.56 Å². The summed E-state index contributed by atoms with van der Waals surface area (Å²) < 4.78 is 6.90. The topological polar surface area (TPSA) is 76.5 Å². The Bertz CT molecular complexity index is 928. The van der Waals surface area contributed by atoms with Crippen molar-refractivity contribution in [2.45, 2.75) is 45.7 Å². The van der Waals surface area contributed by atoms with Crippen LogP contribution in [0.1, 0.15) is 48.9 Å². The van der Waals surface area contributed by atoms with E-state index in [-0.39, 0.29) is 11.6 Å². The molecule has 0 aliphatic carbocycles. The van der Waals surface area contributed by atoms with Gasteiger partial charge in [-0.3, -0.25) is 14.1 Å². The van der Waals surface area contributed by atoms with E-state index < -0.39 is 0 Å². The lowest BCUT2D eigenvalue weighted by Gasteiger charge is -2.21. The summed E-state index contributed by atoms with van der Waals surface area (Å²) in [6.07, 6.45) is 2.83. The summed E-state index contributed by atoms with van der Waals surface area (Å²) in [6.45, 7) is 5.50. The fourth-order valence-electron chi connectivity index (χ4n) is 3.24. The minimum atomic E-state index is -0.0164. The molecule has 4 rings (SSSR count). The van der Waals surface area contributed by atoms with E-state index in [9.17, 15) is 4.79 Å². The first-order valence-corrected chi connectivity index (χ1v) is 9.07. The van der Waals surface area contributed by atoms with Crippen LogP contribution >= 0.6 is 11.3 Å². The molecule has 1 atom stereocenters. The van der Waals surface area contributed by atoms with Gasteiger partial charge in [0.05, 0.1) is 11.7 Å². The molecule has 0 bridgehead atoms. The standard InChI is InChI=1S/C16H19N5O2S/c1-3-13-18-15(19-23-13)12-5-4-6-20(12)8-11-7-14(22)21-10(2)9-24-16(21)17-11/h7,9,12H,3-6,8H2,1-2H3/t12-/m0/s1. The van der Waals surface area contributed by atoms with Gasteiger partial charge in [0.1, 0.15) is 0 Å². The SMILES string of the molecule is CCc1nc([C@@H]2CCCN2Cc2cc(=O)n3c(C)csc3n2)no1. The second-order valence-electron chi connectivity index (χ2n) is 6.11. The first-order valence-electron chi connectivity index (χ1n) is 8.19. The van der Waals surface area contributed by atoms with Gasteiger partial charge < -0.3 is 4.52 Å². The Morgan fingerprint density at radius 1 is 1.42 bits per heavy atom. The summed E-state index contributed by atoms with van der Waals surface area (Å²) in [4.78, 5) is 24.5. The lowest BCUT2D eigenvalue weighted by Crippen LogP contribution is -2.25. The van der Waals surface area contributed by atoms with E-state index in [0.717, 1.165) is 48.0 Å². The summed E-state index contributed by atoms with van der Waals surface area (Å²) in [5.41, 5.74) is 1.71. The van der Waals surface area contributed by atoms with Crippen molar-refractivity contribution in [2.24, 2.45) is 0 Å². The quantitative estimate of drug-likeness (QED) is 0.722. The van der Waals surface area contributed by atoms with E-state index >= 15 is 0 Å². The Morgan fingerprint density at radius 2 is 2.29 bits per heavy atom. The van der Waals surface area contributed by atoms with Crippen LogP contribution in [0.15, 0.2) is 20.8 Å². The average Bonchev–Trinajstić information content (AvgIpc) is 3.27. The average molecular weight is 345 g/mol. The normalized spacial score (nSPS) is 18.7. The first kappa shape index (κ1) is 15.5. The molecule has 24 heavy (non-hydrogen) atoms. The molecule has 0 radical (unpaired) electrons. The molecule has 126 valence electrons. The minimum Gasteiger partial charge on any atom is -0.339 e. The predicted octanol–water partition coefficient (Wildman–Crippen LogP) is 2.35. The van der Waals surface area contributed by atoms with Crippen LogP contribution in [0.25, 0.3) is 4.96 Å². The van der Waals surface area contributed by atoms with E-state index in [1.807, 2.05) is 19.2 Å². The highest BCUT2D eigenvalue weighted by molar-refractivity contribution is 7.15. The van der Waals surface area contributed by atoms with E-state index in [1.54, 1.807) is 10.5 Å². The number of hydrogen-bond acceptors (Lipinski definition) is 7. The number of likely N-dealkylation sites (tertiary alicyclic amines) is 1. The largest absolute Gasteiger partial charge is 0.339 e. The molecule has 3 aromatic heterocycles. The molecular weight excluding hydrogens is 326 g/mol. The number of thiazole rings is 1. The molecule has 0 unspecified atom stereocenters. The van der Waals surface area contributed by atoms with Crippen LogP contribution in [0.3, 0.4) is 0 Å². The maximum Gasteiger partial charge on any atom is 0.259 e. The molecule has 1 aliphatic heterocycles. The van der Waals surface area contributed by atoms with Crippen LogP contribution in [-0.4, -0.2) is 31.0 Å². The second kappa shape index (κ2) is 6.10. The van der Waals surface area contributed by atoms with Gasteiger partial charge in [-0.2, -0.15) is 4.98 Å². The van der Waals surface area contributed by atoms with Crippen molar-refractivity contribution in [3.8, 4) is 0 Å². The molecule has 1 aliphatic rings. The monoisotopic (exact) mass is 345 g/mol. The molecule has 0 amide bonds. The number of hydrogen-bond donors (Lipinski definition) is 0. The third kappa shape index (κ3) is 2.65. The molecule has 0 aromatic carbocycles. The molecule has 0 N–H and O–H groups in total. The Morgan fingerprint density at radius 3 is 3.08 bits per heavy atom. The van der Waals surface area contributed by atoms with Crippen LogP contribution in [0.2, 0.25) is 0 Å². The van der Waals surface area contributed by atoms with Crippen LogP contribution in [0.5, 0.6) is 0 Å². The second-order valence-corrected chi connectivity index (χ2v) is 6.95. The van der Waals surface area contributed by atoms with Crippen LogP contribution < -0.4 is 5.56 Å². The zero-order chi connectivity index (χ0) is 16.7. The number of rotatable bonds is 4. The zero-order valence-corrected chi connectivity index (χ0v) is 14.5. The lowest BCUT2D eigenvalue weighted by atomic mass is 10.2. The van der Waals surface area contributed by atoms with Gasteiger partial charge in [0, 0.05) is 30.1 Å². The smallest absolute Gasteiger partial charge is 0.259 e. The van der Waals surface area contributed by atoms with Gasteiger partial charge in [0.15, 0.2) is 10.8 Å². The molecule has 8 heteroatoms. The molecule has 0 saturated carbocycles. The van der Waals surface area contributed by atoms with Crippen molar-refractivity contribution < 1.29 is 4.52 Å². The number of fused-ring (bicyclic) bond motifs is 1. The van der Waals surface area contributed by atoms with Gasteiger partial charge in [0.2, 0.25) is 5.89 Å². The van der Waals surface area contributed by atoms with Gasteiger partial charge in [-0.25, -0.2) is 4.98 Å². The van der Waals surface area contributed by atoms with Crippen LogP contribution in [-0.2, 0) is 13.0 Å². The highest BCUT2D eigenvalue weighted by atomic mass is 32.1. The third-order valence-corrected chi connectivity index (χ3v) is 5.39. The molecular formula is C16H19N5O2S. The minimum absolute atomic E-state index is 0.0164. The number of nitrogens with zero attached hydrogens (tertiary/aromatic N) is 5. The van der Waals surface area contributed by atoms with Crippen LogP contribution in [0, 0.1) is 6.92 Å². The van der Waals surface area contributed by atoms with E-state index in [2.05, 4.69) is 20.0 Å². The van der Waals surface area contributed by atoms with Crippen molar-refractivity contribution in [3.63, 3.8) is 0 Å². The van der Waals surface area contributed by atoms with Crippen molar-refractivity contribution >= 4 is 16.3 Å². The van der Waals surface area contributed by atoms with Gasteiger partial charge >= 0.3 is 0 Å². The summed E-state index contributed by atoms with van der Waals surface area (Å²) in [5.74, 6) is 1.41. The third-order valence-electron chi connectivity index (χ3n) is 4.44. The Hall–Kier alpha value is -2.06. The summed E-state index contributed by atoms with van der Waals surface area (Å²) in [5, 5.41) is 6.08. The van der Waals surface area contributed by atoms with Gasteiger partial charge in [-0.15, -0.1) is 11.3 Å². The maximum absolute atomic E-state index is 12.3. The molecule has 4 heterocycles. The maximum atomic E-state index is 12.3. The number of aryl methyl sites for hydroxylation is 2. The molecule has 1 saturated heterocycles. The Balaban J connectivity index is 1.61. The lowest BCUT2D eigenvalue weighted by molar-refractivity contribution is 0.231. The highest BCUT2D eigenvalue weighted by Gasteiger charge is 2.30.